The lowest BCUT2D eigenvalue weighted by molar-refractivity contribution is -0.137. The third-order valence-corrected chi connectivity index (χ3v) is 4.21. The molecule has 25 heavy (non-hydrogen) atoms. The summed E-state index contributed by atoms with van der Waals surface area (Å²) >= 11 is 0. The van der Waals surface area contributed by atoms with Gasteiger partial charge in [-0.25, -0.2) is 9.97 Å². The zero-order valence-corrected chi connectivity index (χ0v) is 14.5. The molecule has 4 nitrogen and oxygen atoms in total. The second-order valence-electron chi connectivity index (χ2n) is 5.77. The highest BCUT2D eigenvalue weighted by Crippen LogP contribution is 2.32. The minimum absolute atomic E-state index is 0.322. The van der Waals surface area contributed by atoms with Crippen molar-refractivity contribution in [3.05, 3.63) is 47.3 Å². The van der Waals surface area contributed by atoms with Gasteiger partial charge in [0.05, 0.1) is 5.56 Å². The third kappa shape index (κ3) is 4.99. The maximum Gasteiger partial charge on any atom is 0.416 e. The number of benzene rings is 1. The van der Waals surface area contributed by atoms with E-state index in [1.807, 2.05) is 13.8 Å². The van der Waals surface area contributed by atoms with Crippen LogP contribution in [0.4, 0.5) is 13.2 Å². The van der Waals surface area contributed by atoms with Crippen LogP contribution in [0.3, 0.4) is 0 Å². The number of nitrogens with two attached hydrogens (primary N) is 1. The van der Waals surface area contributed by atoms with Crippen LogP contribution in [-0.4, -0.2) is 34.5 Å². The van der Waals surface area contributed by atoms with Gasteiger partial charge in [-0.3, -0.25) is 0 Å². The van der Waals surface area contributed by atoms with Gasteiger partial charge in [0, 0.05) is 36.6 Å². The van der Waals surface area contributed by atoms with E-state index < -0.39 is 11.7 Å². The molecule has 0 aliphatic carbocycles. The quantitative estimate of drug-likeness (QED) is 0.829. The lowest BCUT2D eigenvalue weighted by Gasteiger charge is -2.19. The van der Waals surface area contributed by atoms with Gasteiger partial charge in [0.15, 0.2) is 5.82 Å². The molecular formula is C18H23F3N4. The van der Waals surface area contributed by atoms with Crippen molar-refractivity contribution in [1.82, 2.24) is 14.9 Å². The van der Waals surface area contributed by atoms with Crippen LogP contribution >= 0.6 is 0 Å². The molecule has 0 aliphatic heterocycles. The summed E-state index contributed by atoms with van der Waals surface area (Å²) in [7, 11) is 0. The van der Waals surface area contributed by atoms with E-state index in [1.165, 1.54) is 12.1 Å². The SMILES string of the molecule is CCN(CC)CCc1cc(C(F)(F)F)ccc1-c1ncc(CN)cn1. The zero-order chi connectivity index (χ0) is 18.4. The van der Waals surface area contributed by atoms with Gasteiger partial charge in [0.25, 0.3) is 0 Å². The molecule has 2 N–H and O–H groups in total. The average Bonchev–Trinajstić information content (AvgIpc) is 2.62. The summed E-state index contributed by atoms with van der Waals surface area (Å²) in [6.45, 7) is 6.78. The molecule has 1 aromatic heterocycles. The van der Waals surface area contributed by atoms with E-state index >= 15 is 0 Å². The fourth-order valence-corrected chi connectivity index (χ4v) is 2.61. The fraction of sp³-hybridized carbons (Fsp3) is 0.444. The molecule has 0 radical (unpaired) electrons. The Bertz CT molecular complexity index is 680. The van der Waals surface area contributed by atoms with Crippen molar-refractivity contribution in [2.45, 2.75) is 33.0 Å². The second-order valence-corrected chi connectivity index (χ2v) is 5.77. The Morgan fingerprint density at radius 1 is 1.08 bits per heavy atom. The summed E-state index contributed by atoms with van der Waals surface area (Å²) in [5.41, 5.74) is 6.89. The van der Waals surface area contributed by atoms with E-state index in [0.717, 1.165) is 24.7 Å². The first-order valence-corrected chi connectivity index (χ1v) is 8.32. The Kier molecular flexibility index (Phi) is 6.50. The molecule has 0 spiro atoms. The van der Waals surface area contributed by atoms with Crippen molar-refractivity contribution in [3.8, 4) is 11.4 Å². The van der Waals surface area contributed by atoms with Gasteiger partial charge in [-0.15, -0.1) is 0 Å². The normalized spacial score (nSPS) is 12.0. The number of likely N-dealkylation sites (N-methyl/N-ethyl adjacent to an activating group) is 1. The summed E-state index contributed by atoms with van der Waals surface area (Å²) < 4.78 is 39.2. The summed E-state index contributed by atoms with van der Waals surface area (Å²) in [5, 5.41) is 0. The van der Waals surface area contributed by atoms with E-state index in [1.54, 1.807) is 12.4 Å². The lowest BCUT2D eigenvalue weighted by atomic mass is 10.00. The van der Waals surface area contributed by atoms with E-state index in [0.29, 0.717) is 36.5 Å². The number of aromatic nitrogens is 2. The third-order valence-electron chi connectivity index (χ3n) is 4.21. The van der Waals surface area contributed by atoms with Gasteiger partial charge in [0.2, 0.25) is 0 Å². The topological polar surface area (TPSA) is 55.0 Å². The van der Waals surface area contributed by atoms with Crippen LogP contribution < -0.4 is 5.73 Å². The van der Waals surface area contributed by atoms with Crippen molar-refractivity contribution in [1.29, 1.82) is 0 Å². The van der Waals surface area contributed by atoms with Crippen molar-refractivity contribution >= 4 is 0 Å². The van der Waals surface area contributed by atoms with Crippen molar-refractivity contribution in [2.24, 2.45) is 5.73 Å². The molecule has 0 saturated carbocycles. The van der Waals surface area contributed by atoms with Gasteiger partial charge >= 0.3 is 6.18 Å². The highest BCUT2D eigenvalue weighted by Gasteiger charge is 2.31. The van der Waals surface area contributed by atoms with Crippen LogP contribution in [0.5, 0.6) is 0 Å². The van der Waals surface area contributed by atoms with Crippen LogP contribution in [0.2, 0.25) is 0 Å². The summed E-state index contributed by atoms with van der Waals surface area (Å²) in [5.74, 6) is 0.417. The molecule has 2 aromatic rings. The van der Waals surface area contributed by atoms with Crippen molar-refractivity contribution in [3.63, 3.8) is 0 Å². The Labute approximate surface area is 145 Å². The first-order valence-electron chi connectivity index (χ1n) is 8.32. The Balaban J connectivity index is 2.39. The van der Waals surface area contributed by atoms with E-state index in [9.17, 15) is 13.2 Å². The minimum atomic E-state index is -4.37. The second kappa shape index (κ2) is 8.40. The van der Waals surface area contributed by atoms with Gasteiger partial charge in [-0.05, 0) is 37.2 Å². The standard InChI is InChI=1S/C18H23F3N4/c1-3-25(4-2)8-7-14-9-15(18(19,20)21)5-6-16(14)17-23-11-13(10-22)12-24-17/h5-6,9,11-12H,3-4,7-8,10,22H2,1-2H3. The highest BCUT2D eigenvalue weighted by atomic mass is 19.4. The molecule has 0 fully saturated rings. The molecule has 136 valence electrons. The Morgan fingerprint density at radius 3 is 2.24 bits per heavy atom. The fourth-order valence-electron chi connectivity index (χ4n) is 2.61. The highest BCUT2D eigenvalue weighted by molar-refractivity contribution is 5.61. The van der Waals surface area contributed by atoms with Gasteiger partial charge in [0.1, 0.15) is 0 Å². The number of hydrogen-bond acceptors (Lipinski definition) is 4. The molecule has 1 aromatic carbocycles. The average molecular weight is 352 g/mol. The summed E-state index contributed by atoms with van der Waals surface area (Å²) in [4.78, 5) is 10.7. The largest absolute Gasteiger partial charge is 0.416 e. The van der Waals surface area contributed by atoms with Crippen LogP contribution in [0.1, 0.15) is 30.5 Å². The van der Waals surface area contributed by atoms with Crippen molar-refractivity contribution in [2.75, 3.05) is 19.6 Å². The monoisotopic (exact) mass is 352 g/mol. The van der Waals surface area contributed by atoms with Gasteiger partial charge in [-0.1, -0.05) is 19.9 Å². The molecule has 0 saturated heterocycles. The molecule has 7 heteroatoms. The van der Waals surface area contributed by atoms with E-state index in [4.69, 9.17) is 5.73 Å². The Hall–Kier alpha value is -1.99. The van der Waals surface area contributed by atoms with Gasteiger partial charge < -0.3 is 10.6 Å². The number of rotatable bonds is 7. The van der Waals surface area contributed by atoms with Crippen LogP contribution in [0, 0.1) is 0 Å². The number of alkyl halides is 3. The first kappa shape index (κ1) is 19.3. The lowest BCUT2D eigenvalue weighted by Crippen LogP contribution is -2.25. The van der Waals surface area contributed by atoms with Crippen molar-refractivity contribution < 1.29 is 13.2 Å². The summed E-state index contributed by atoms with van der Waals surface area (Å²) in [6.07, 6.45) is -0.655. The molecule has 0 bridgehead atoms. The predicted molar refractivity (Wildman–Crippen MR) is 91.9 cm³/mol. The molecule has 0 atom stereocenters. The number of halogens is 3. The molecule has 1 heterocycles. The number of nitrogens with zero attached hydrogens (tertiary/aromatic N) is 3. The molecule has 2 rings (SSSR count). The Morgan fingerprint density at radius 2 is 1.72 bits per heavy atom. The van der Waals surface area contributed by atoms with E-state index in [-0.39, 0.29) is 0 Å². The first-order chi connectivity index (χ1) is 11.9. The summed E-state index contributed by atoms with van der Waals surface area (Å²) in [6, 6.07) is 3.74. The minimum Gasteiger partial charge on any atom is -0.326 e. The van der Waals surface area contributed by atoms with Crippen LogP contribution in [-0.2, 0) is 19.1 Å². The molecule has 0 amide bonds. The van der Waals surface area contributed by atoms with Gasteiger partial charge in [-0.2, -0.15) is 13.2 Å². The van der Waals surface area contributed by atoms with Crippen LogP contribution in [0.25, 0.3) is 11.4 Å². The van der Waals surface area contributed by atoms with Crippen LogP contribution in [0.15, 0.2) is 30.6 Å². The maximum atomic E-state index is 13.1. The molecule has 0 aliphatic rings. The predicted octanol–water partition coefficient (Wildman–Crippen LogP) is 3.51. The smallest absolute Gasteiger partial charge is 0.326 e. The maximum absolute atomic E-state index is 13.1. The molecular weight excluding hydrogens is 329 g/mol. The number of hydrogen-bond donors (Lipinski definition) is 1. The van der Waals surface area contributed by atoms with E-state index in [2.05, 4.69) is 14.9 Å². The zero-order valence-electron chi connectivity index (χ0n) is 14.5. The molecule has 0 unspecified atom stereocenters.